The van der Waals surface area contributed by atoms with Crippen LogP contribution in [0.2, 0.25) is 0 Å². The number of rotatable bonds is 9. The SMILES string of the molecule is CO[C@]1(C)C[C@@]2(CO2)C(O)C(C=CC(C)=CCC2OC(C)C(NC(=O)C=CC(C)OC(C)=O)CC2C)O1. The monoisotopic (exact) mass is 521 g/mol. The van der Waals surface area contributed by atoms with E-state index in [1.54, 1.807) is 20.1 Å². The quantitative estimate of drug-likeness (QED) is 0.206. The van der Waals surface area contributed by atoms with Gasteiger partial charge >= 0.3 is 5.97 Å². The minimum absolute atomic E-state index is 0.0301. The molecule has 1 amide bonds. The van der Waals surface area contributed by atoms with Gasteiger partial charge in [-0.2, -0.15) is 0 Å². The van der Waals surface area contributed by atoms with Crippen molar-refractivity contribution >= 4 is 11.9 Å². The number of amides is 1. The molecule has 3 rings (SSSR count). The lowest BCUT2D eigenvalue weighted by atomic mass is 9.87. The minimum Gasteiger partial charge on any atom is -0.459 e. The molecule has 0 aromatic rings. The van der Waals surface area contributed by atoms with E-state index in [2.05, 4.69) is 18.3 Å². The van der Waals surface area contributed by atoms with Crippen LogP contribution in [0.1, 0.15) is 60.8 Å². The van der Waals surface area contributed by atoms with Gasteiger partial charge in [0.25, 0.3) is 0 Å². The van der Waals surface area contributed by atoms with Crippen molar-refractivity contribution in [2.24, 2.45) is 5.92 Å². The zero-order valence-electron chi connectivity index (χ0n) is 23.1. The summed E-state index contributed by atoms with van der Waals surface area (Å²) in [5.74, 6) is -1.18. The second-order valence-electron chi connectivity index (χ2n) is 10.8. The average molecular weight is 522 g/mol. The maximum Gasteiger partial charge on any atom is 0.303 e. The van der Waals surface area contributed by atoms with Gasteiger partial charge in [-0.15, -0.1) is 0 Å². The third kappa shape index (κ3) is 7.97. The first kappa shape index (κ1) is 29.5. The average Bonchev–Trinajstić information content (AvgIpc) is 3.59. The number of aliphatic hydroxyl groups is 1. The first-order valence-corrected chi connectivity index (χ1v) is 13.1. The van der Waals surface area contributed by atoms with Crippen molar-refractivity contribution in [1.29, 1.82) is 0 Å². The van der Waals surface area contributed by atoms with Crippen molar-refractivity contribution in [3.8, 4) is 0 Å². The molecule has 0 aliphatic carbocycles. The largest absolute Gasteiger partial charge is 0.459 e. The van der Waals surface area contributed by atoms with Crippen molar-refractivity contribution in [3.63, 3.8) is 0 Å². The van der Waals surface area contributed by atoms with Crippen molar-refractivity contribution < 1.29 is 38.4 Å². The number of allylic oxidation sites excluding steroid dienone is 2. The van der Waals surface area contributed by atoms with E-state index in [0.29, 0.717) is 13.0 Å². The van der Waals surface area contributed by atoms with Crippen molar-refractivity contribution in [2.75, 3.05) is 13.7 Å². The number of esters is 1. The summed E-state index contributed by atoms with van der Waals surface area (Å²) in [7, 11) is 1.60. The number of epoxide rings is 1. The summed E-state index contributed by atoms with van der Waals surface area (Å²) in [5.41, 5.74) is 0.455. The predicted molar refractivity (Wildman–Crippen MR) is 138 cm³/mol. The second-order valence-corrected chi connectivity index (χ2v) is 10.8. The normalized spacial score (nSPS) is 39.2. The highest BCUT2D eigenvalue weighted by Crippen LogP contribution is 2.46. The Labute approximate surface area is 220 Å². The van der Waals surface area contributed by atoms with Crippen LogP contribution in [0.15, 0.2) is 36.0 Å². The van der Waals surface area contributed by atoms with Crippen LogP contribution < -0.4 is 5.32 Å². The maximum atomic E-state index is 12.3. The van der Waals surface area contributed by atoms with Crippen LogP contribution >= 0.6 is 0 Å². The van der Waals surface area contributed by atoms with Gasteiger partial charge in [0.15, 0.2) is 5.79 Å². The van der Waals surface area contributed by atoms with E-state index >= 15 is 0 Å². The molecule has 9 heteroatoms. The number of methoxy groups -OCH3 is 1. The standard InChI is InChI=1S/C28H43NO8/c1-17(9-12-24-26(32)28(16-34-28)15-27(6,33-7)37-24)8-11-23-18(2)14-22(20(4)36-23)29-25(31)13-10-19(3)35-21(5)30/h8-10,12-13,18-20,22-24,26,32H,11,14-16H2,1-7H3,(H,29,31)/t18?,19?,20?,22?,23?,24?,26?,27-,28+/m0/s1. The highest BCUT2D eigenvalue weighted by Gasteiger charge is 2.61. The van der Waals surface area contributed by atoms with Crippen molar-refractivity contribution in [3.05, 3.63) is 36.0 Å². The molecular formula is C28H43NO8. The van der Waals surface area contributed by atoms with Gasteiger partial charge in [-0.05, 0) is 52.5 Å². The summed E-state index contributed by atoms with van der Waals surface area (Å²) >= 11 is 0. The third-order valence-electron chi connectivity index (χ3n) is 7.44. The molecule has 0 radical (unpaired) electrons. The first-order valence-electron chi connectivity index (χ1n) is 13.1. The lowest BCUT2D eigenvalue weighted by Crippen LogP contribution is -2.55. The number of ether oxygens (including phenoxy) is 5. The summed E-state index contributed by atoms with van der Waals surface area (Å²) < 4.78 is 28.4. The molecule has 9 atom stereocenters. The van der Waals surface area contributed by atoms with Gasteiger partial charge in [0.1, 0.15) is 23.9 Å². The lowest BCUT2D eigenvalue weighted by Gasteiger charge is -2.42. The zero-order valence-corrected chi connectivity index (χ0v) is 23.1. The van der Waals surface area contributed by atoms with Gasteiger partial charge in [-0.3, -0.25) is 9.59 Å². The Hall–Kier alpha value is -2.04. The number of carbonyl (C=O) groups excluding carboxylic acids is 2. The minimum atomic E-state index is -0.799. The van der Waals surface area contributed by atoms with Gasteiger partial charge < -0.3 is 34.1 Å². The number of carbonyl (C=O) groups is 2. The van der Waals surface area contributed by atoms with E-state index in [1.165, 1.54) is 13.0 Å². The Morgan fingerprint density at radius 2 is 1.95 bits per heavy atom. The first-order chi connectivity index (χ1) is 17.4. The molecule has 37 heavy (non-hydrogen) atoms. The zero-order chi connectivity index (χ0) is 27.4. The molecule has 208 valence electrons. The maximum absolute atomic E-state index is 12.3. The van der Waals surface area contributed by atoms with Crippen LogP contribution in [0.5, 0.6) is 0 Å². The molecule has 0 aromatic carbocycles. The third-order valence-corrected chi connectivity index (χ3v) is 7.44. The highest BCUT2D eigenvalue weighted by molar-refractivity contribution is 5.87. The molecule has 3 fully saturated rings. The van der Waals surface area contributed by atoms with Crippen LogP contribution in [0, 0.1) is 5.92 Å². The summed E-state index contributed by atoms with van der Waals surface area (Å²) in [6.07, 6.45) is 9.09. The van der Waals surface area contributed by atoms with E-state index in [0.717, 1.165) is 18.4 Å². The fourth-order valence-corrected chi connectivity index (χ4v) is 5.06. The van der Waals surface area contributed by atoms with Crippen LogP contribution in [0.4, 0.5) is 0 Å². The second kappa shape index (κ2) is 12.2. The number of nitrogens with one attached hydrogen (secondary N) is 1. The highest BCUT2D eigenvalue weighted by atomic mass is 16.7. The number of hydrogen-bond donors (Lipinski definition) is 2. The summed E-state index contributed by atoms with van der Waals surface area (Å²) in [4.78, 5) is 23.3. The molecule has 0 saturated carbocycles. The summed E-state index contributed by atoms with van der Waals surface area (Å²) in [5, 5.41) is 13.7. The Bertz CT molecular complexity index is 910. The number of hydrogen-bond acceptors (Lipinski definition) is 8. The summed E-state index contributed by atoms with van der Waals surface area (Å²) in [6.45, 7) is 11.5. The molecule has 3 aliphatic rings. The summed E-state index contributed by atoms with van der Waals surface area (Å²) in [6, 6.07) is -0.102. The van der Waals surface area contributed by atoms with Crippen LogP contribution in [-0.4, -0.2) is 78.6 Å². The van der Waals surface area contributed by atoms with Gasteiger partial charge in [-0.25, -0.2) is 0 Å². The molecule has 9 nitrogen and oxygen atoms in total. The Balaban J connectivity index is 1.50. The van der Waals surface area contributed by atoms with E-state index in [1.807, 2.05) is 32.9 Å². The Morgan fingerprint density at radius 3 is 2.57 bits per heavy atom. The van der Waals surface area contributed by atoms with Gasteiger partial charge in [0.05, 0.1) is 24.9 Å². The van der Waals surface area contributed by atoms with Crippen molar-refractivity contribution in [1.82, 2.24) is 5.32 Å². The fraction of sp³-hybridized carbons (Fsp3) is 0.714. The topological polar surface area (TPSA) is 116 Å². The molecule has 3 heterocycles. The van der Waals surface area contributed by atoms with Crippen LogP contribution in [0.3, 0.4) is 0 Å². The molecule has 1 spiro atoms. The van der Waals surface area contributed by atoms with Crippen LogP contribution in [0.25, 0.3) is 0 Å². The molecule has 3 aliphatic heterocycles. The molecule has 7 unspecified atom stereocenters. The van der Waals surface area contributed by atoms with E-state index in [9.17, 15) is 14.7 Å². The predicted octanol–water partition coefficient (Wildman–Crippen LogP) is 2.97. The molecule has 0 aromatic heterocycles. The van der Waals surface area contributed by atoms with E-state index in [-0.39, 0.29) is 36.0 Å². The van der Waals surface area contributed by atoms with Crippen LogP contribution in [-0.2, 0) is 33.3 Å². The number of aliphatic hydroxyl groups excluding tert-OH is 1. The van der Waals surface area contributed by atoms with Gasteiger partial charge in [-0.1, -0.05) is 30.7 Å². The molecular weight excluding hydrogens is 478 g/mol. The lowest BCUT2D eigenvalue weighted by molar-refractivity contribution is -0.284. The van der Waals surface area contributed by atoms with E-state index < -0.39 is 29.7 Å². The molecule has 0 bridgehead atoms. The van der Waals surface area contributed by atoms with Crippen molar-refractivity contribution in [2.45, 2.75) is 109 Å². The van der Waals surface area contributed by atoms with Gasteiger partial charge in [0, 0.05) is 26.5 Å². The molecule has 3 saturated heterocycles. The fourth-order valence-electron chi connectivity index (χ4n) is 5.06. The smallest absolute Gasteiger partial charge is 0.303 e. The van der Waals surface area contributed by atoms with E-state index in [4.69, 9.17) is 23.7 Å². The Kier molecular flexibility index (Phi) is 9.74. The van der Waals surface area contributed by atoms with Gasteiger partial charge in [0.2, 0.25) is 5.91 Å². The molecule has 2 N–H and O–H groups in total. The Morgan fingerprint density at radius 1 is 1.24 bits per heavy atom.